The number of phenolic OH excluding ortho intramolecular Hbond substituents is 1. The van der Waals surface area contributed by atoms with Crippen molar-refractivity contribution in [3.05, 3.63) is 29.8 Å². The largest absolute Gasteiger partial charge is 0.508 e. The zero-order valence-corrected chi connectivity index (χ0v) is 11.2. The fourth-order valence-corrected chi connectivity index (χ4v) is 3.45. The van der Waals surface area contributed by atoms with Gasteiger partial charge in [0, 0.05) is 23.4 Å². The molecular formula is C14H21NOS. The lowest BCUT2D eigenvalue weighted by molar-refractivity contribution is 0.402. The van der Waals surface area contributed by atoms with Gasteiger partial charge in [0.25, 0.3) is 0 Å². The third-order valence-corrected chi connectivity index (χ3v) is 4.53. The number of benzene rings is 1. The normalized spacial score (nSPS) is 22.3. The van der Waals surface area contributed by atoms with E-state index in [2.05, 4.69) is 12.2 Å². The number of nitrogens with one attached hydrogen (secondary N) is 1. The Morgan fingerprint density at radius 1 is 1.47 bits per heavy atom. The Bertz CT molecular complexity index is 350. The van der Waals surface area contributed by atoms with Gasteiger partial charge in [0.15, 0.2) is 0 Å². The van der Waals surface area contributed by atoms with Crippen LogP contribution in [0.3, 0.4) is 0 Å². The lowest BCUT2D eigenvalue weighted by Crippen LogP contribution is -2.36. The molecule has 2 unspecified atom stereocenters. The van der Waals surface area contributed by atoms with Crippen LogP contribution in [0.5, 0.6) is 5.75 Å². The van der Waals surface area contributed by atoms with E-state index in [-0.39, 0.29) is 6.04 Å². The summed E-state index contributed by atoms with van der Waals surface area (Å²) in [5, 5.41) is 13.6. The lowest BCUT2D eigenvalue weighted by Gasteiger charge is -2.28. The Balaban J connectivity index is 2.03. The SMILES string of the molecule is CCC(NC1CCCSC1)c1ccccc1O. The van der Waals surface area contributed by atoms with E-state index in [1.807, 2.05) is 30.0 Å². The number of para-hydroxylation sites is 1. The second-order valence-corrected chi connectivity index (χ2v) is 5.75. The maximum absolute atomic E-state index is 9.90. The van der Waals surface area contributed by atoms with Crippen LogP contribution in [-0.4, -0.2) is 22.7 Å². The highest BCUT2D eigenvalue weighted by atomic mass is 32.2. The molecule has 0 saturated carbocycles. The molecule has 3 heteroatoms. The Morgan fingerprint density at radius 3 is 2.94 bits per heavy atom. The summed E-state index contributed by atoms with van der Waals surface area (Å²) in [6.45, 7) is 2.17. The van der Waals surface area contributed by atoms with Gasteiger partial charge in [-0.3, -0.25) is 0 Å². The van der Waals surface area contributed by atoms with Gasteiger partial charge >= 0.3 is 0 Å². The summed E-state index contributed by atoms with van der Waals surface area (Å²) in [7, 11) is 0. The van der Waals surface area contributed by atoms with Crippen molar-refractivity contribution in [1.82, 2.24) is 5.32 Å². The van der Waals surface area contributed by atoms with Gasteiger partial charge in [-0.25, -0.2) is 0 Å². The van der Waals surface area contributed by atoms with E-state index in [9.17, 15) is 5.11 Å². The summed E-state index contributed by atoms with van der Waals surface area (Å²) in [5.41, 5.74) is 1.03. The Hall–Kier alpha value is -0.670. The highest BCUT2D eigenvalue weighted by Gasteiger charge is 2.19. The van der Waals surface area contributed by atoms with Gasteiger partial charge in [-0.1, -0.05) is 25.1 Å². The summed E-state index contributed by atoms with van der Waals surface area (Å²) in [5.74, 6) is 2.91. The molecule has 1 aliphatic rings. The van der Waals surface area contributed by atoms with Crippen molar-refractivity contribution in [3.8, 4) is 5.75 Å². The number of thioether (sulfide) groups is 1. The molecule has 0 radical (unpaired) electrons. The molecule has 1 aliphatic heterocycles. The Labute approximate surface area is 108 Å². The van der Waals surface area contributed by atoms with Crippen molar-refractivity contribution in [1.29, 1.82) is 0 Å². The molecule has 1 saturated heterocycles. The lowest BCUT2D eigenvalue weighted by atomic mass is 10.0. The van der Waals surface area contributed by atoms with E-state index in [4.69, 9.17) is 0 Å². The van der Waals surface area contributed by atoms with Crippen molar-refractivity contribution in [2.24, 2.45) is 0 Å². The number of hydrogen-bond acceptors (Lipinski definition) is 3. The monoisotopic (exact) mass is 251 g/mol. The second kappa shape index (κ2) is 6.31. The molecule has 2 atom stereocenters. The number of rotatable bonds is 4. The van der Waals surface area contributed by atoms with Crippen molar-refractivity contribution in [2.75, 3.05) is 11.5 Å². The molecule has 0 bridgehead atoms. The highest BCUT2D eigenvalue weighted by Crippen LogP contribution is 2.28. The van der Waals surface area contributed by atoms with E-state index in [1.165, 1.54) is 24.3 Å². The predicted octanol–water partition coefficient (Wildman–Crippen LogP) is 3.33. The van der Waals surface area contributed by atoms with Crippen LogP contribution in [0.2, 0.25) is 0 Å². The molecule has 2 rings (SSSR count). The summed E-state index contributed by atoms with van der Waals surface area (Å²) >= 11 is 2.03. The zero-order chi connectivity index (χ0) is 12.1. The van der Waals surface area contributed by atoms with E-state index in [0.717, 1.165) is 12.0 Å². The maximum atomic E-state index is 9.90. The molecule has 2 nitrogen and oxygen atoms in total. The minimum absolute atomic E-state index is 0.278. The van der Waals surface area contributed by atoms with Gasteiger partial charge in [-0.15, -0.1) is 0 Å². The van der Waals surface area contributed by atoms with Crippen LogP contribution in [0.15, 0.2) is 24.3 Å². The van der Waals surface area contributed by atoms with Crippen LogP contribution in [0.1, 0.15) is 37.8 Å². The summed E-state index contributed by atoms with van der Waals surface area (Å²) in [4.78, 5) is 0. The van der Waals surface area contributed by atoms with Gasteiger partial charge in [0.2, 0.25) is 0 Å². The quantitative estimate of drug-likeness (QED) is 0.861. The first-order chi connectivity index (χ1) is 8.31. The third-order valence-electron chi connectivity index (χ3n) is 3.32. The van der Waals surface area contributed by atoms with Gasteiger partial charge < -0.3 is 10.4 Å². The first kappa shape index (κ1) is 12.8. The molecule has 1 aromatic rings. The first-order valence-corrected chi connectivity index (χ1v) is 7.58. The predicted molar refractivity (Wildman–Crippen MR) is 74.6 cm³/mol. The molecule has 94 valence electrons. The first-order valence-electron chi connectivity index (χ1n) is 6.43. The molecule has 0 amide bonds. The second-order valence-electron chi connectivity index (χ2n) is 4.60. The standard InChI is InChI=1S/C14H21NOS/c1-2-13(12-7-3-4-8-14(12)16)15-11-6-5-9-17-10-11/h3-4,7-8,11,13,15-16H,2,5-6,9-10H2,1H3. The summed E-state index contributed by atoms with van der Waals surface area (Å²) in [6.07, 6.45) is 3.58. The number of hydrogen-bond donors (Lipinski definition) is 2. The molecule has 0 spiro atoms. The smallest absolute Gasteiger partial charge is 0.120 e. The van der Waals surface area contributed by atoms with E-state index < -0.39 is 0 Å². The molecule has 0 aliphatic carbocycles. The van der Waals surface area contributed by atoms with E-state index in [0.29, 0.717) is 11.8 Å². The third kappa shape index (κ3) is 3.39. The Kier molecular flexibility index (Phi) is 4.75. The van der Waals surface area contributed by atoms with E-state index in [1.54, 1.807) is 6.07 Å². The molecule has 1 aromatic carbocycles. The topological polar surface area (TPSA) is 32.3 Å². The van der Waals surface area contributed by atoms with Crippen LogP contribution in [0, 0.1) is 0 Å². The van der Waals surface area contributed by atoms with Gasteiger partial charge in [-0.2, -0.15) is 11.8 Å². The van der Waals surface area contributed by atoms with Gasteiger partial charge in [0.1, 0.15) is 5.75 Å². The molecule has 17 heavy (non-hydrogen) atoms. The molecule has 1 fully saturated rings. The van der Waals surface area contributed by atoms with Crippen LogP contribution in [-0.2, 0) is 0 Å². The van der Waals surface area contributed by atoms with Crippen LogP contribution in [0.25, 0.3) is 0 Å². The molecular weight excluding hydrogens is 230 g/mol. The minimum Gasteiger partial charge on any atom is -0.508 e. The van der Waals surface area contributed by atoms with Gasteiger partial charge in [-0.05, 0) is 31.1 Å². The number of aromatic hydroxyl groups is 1. The summed E-state index contributed by atoms with van der Waals surface area (Å²) in [6, 6.07) is 8.54. The van der Waals surface area contributed by atoms with Gasteiger partial charge in [0.05, 0.1) is 0 Å². The summed E-state index contributed by atoms with van der Waals surface area (Å²) < 4.78 is 0. The number of phenols is 1. The van der Waals surface area contributed by atoms with Crippen LogP contribution < -0.4 is 5.32 Å². The fourth-order valence-electron chi connectivity index (χ4n) is 2.37. The van der Waals surface area contributed by atoms with Crippen LogP contribution >= 0.6 is 11.8 Å². The van der Waals surface area contributed by atoms with Crippen molar-refractivity contribution in [2.45, 2.75) is 38.3 Å². The van der Waals surface area contributed by atoms with Crippen molar-refractivity contribution in [3.63, 3.8) is 0 Å². The Morgan fingerprint density at radius 2 is 2.29 bits per heavy atom. The molecule has 0 aromatic heterocycles. The van der Waals surface area contributed by atoms with Crippen molar-refractivity contribution < 1.29 is 5.11 Å². The van der Waals surface area contributed by atoms with E-state index >= 15 is 0 Å². The molecule has 2 N–H and O–H groups in total. The molecule has 1 heterocycles. The maximum Gasteiger partial charge on any atom is 0.120 e. The average molecular weight is 251 g/mol. The van der Waals surface area contributed by atoms with Crippen LogP contribution in [0.4, 0.5) is 0 Å². The average Bonchev–Trinajstić information content (AvgIpc) is 2.38. The fraction of sp³-hybridized carbons (Fsp3) is 0.571. The highest BCUT2D eigenvalue weighted by molar-refractivity contribution is 7.99. The minimum atomic E-state index is 0.278. The van der Waals surface area contributed by atoms with Crippen molar-refractivity contribution >= 4 is 11.8 Å². The zero-order valence-electron chi connectivity index (χ0n) is 10.4.